The van der Waals surface area contributed by atoms with Crippen molar-refractivity contribution in [2.75, 3.05) is 39.6 Å². The molecule has 0 aromatic carbocycles. The summed E-state index contributed by atoms with van der Waals surface area (Å²) in [4.78, 5) is 0. The number of hydrogen-bond donors (Lipinski definition) is 2. The van der Waals surface area contributed by atoms with Gasteiger partial charge in [0, 0.05) is 0 Å². The normalized spacial score (nSPS) is 9.27. The van der Waals surface area contributed by atoms with Crippen molar-refractivity contribution in [3.63, 3.8) is 0 Å². The van der Waals surface area contributed by atoms with E-state index in [0.717, 1.165) is 0 Å². The van der Waals surface area contributed by atoms with Gasteiger partial charge < -0.3 is 22.5 Å². The van der Waals surface area contributed by atoms with Crippen LogP contribution in [0.2, 0.25) is 0 Å². The fourth-order valence-electron chi connectivity index (χ4n) is 0.451. The molecule has 0 saturated heterocycles. The first-order valence-corrected chi connectivity index (χ1v) is 3.29. The zero-order chi connectivity index (χ0) is 7.66. The fourth-order valence-corrected chi connectivity index (χ4v) is 0.451. The number of aliphatic hydroxyl groups is 2. The van der Waals surface area contributed by atoms with Gasteiger partial charge in [-0.3, -0.25) is 0 Å². The Kier molecular flexibility index (Phi) is 18.2. The van der Waals surface area contributed by atoms with Gasteiger partial charge in [-0.05, 0) is 0 Å². The van der Waals surface area contributed by atoms with E-state index in [9.17, 15) is 0 Å². The molecule has 0 aromatic rings. The van der Waals surface area contributed by atoms with Crippen LogP contribution in [-0.2, 0) is 9.47 Å². The molecule has 0 unspecified atom stereocenters. The smallest absolute Gasteiger partial charge is 1.00 e. The first-order valence-electron chi connectivity index (χ1n) is 3.29. The van der Waals surface area contributed by atoms with Crippen LogP contribution in [0.5, 0.6) is 0 Å². The topological polar surface area (TPSA) is 58.9 Å². The van der Waals surface area contributed by atoms with Crippen molar-refractivity contribution in [1.82, 2.24) is 0 Å². The van der Waals surface area contributed by atoms with E-state index in [1.165, 1.54) is 0 Å². The molecule has 0 heterocycles. The van der Waals surface area contributed by atoms with E-state index in [2.05, 4.69) is 0 Å². The molecule has 0 spiro atoms. The van der Waals surface area contributed by atoms with Crippen LogP contribution in [0.4, 0.5) is 0 Å². The van der Waals surface area contributed by atoms with Crippen molar-refractivity contribution < 1.29 is 22.5 Å². The van der Waals surface area contributed by atoms with E-state index in [4.69, 9.17) is 19.7 Å². The molecule has 0 fully saturated rings. The van der Waals surface area contributed by atoms with Crippen molar-refractivity contribution in [3.8, 4) is 0 Å². The minimum absolute atomic E-state index is 0. The van der Waals surface area contributed by atoms with E-state index >= 15 is 0 Å². The van der Waals surface area contributed by atoms with E-state index < -0.39 is 0 Å². The minimum atomic E-state index is 0. The van der Waals surface area contributed by atoms with Crippen LogP contribution in [-0.4, -0.2) is 87.6 Å². The second kappa shape index (κ2) is 13.7. The molecule has 0 aliphatic rings. The second-order valence-electron chi connectivity index (χ2n) is 1.67. The molecule has 4 nitrogen and oxygen atoms in total. The van der Waals surface area contributed by atoms with Gasteiger partial charge in [0.25, 0.3) is 0 Å². The van der Waals surface area contributed by atoms with Crippen LogP contribution in [0.15, 0.2) is 0 Å². The quantitative estimate of drug-likeness (QED) is 0.395. The van der Waals surface area contributed by atoms with Crippen molar-refractivity contribution in [2.24, 2.45) is 0 Å². The Morgan fingerprint density at radius 3 is 1.45 bits per heavy atom. The number of hydrogen-bond acceptors (Lipinski definition) is 4. The van der Waals surface area contributed by atoms with E-state index in [-0.39, 0.29) is 53.8 Å². The summed E-state index contributed by atoms with van der Waals surface area (Å²) in [6.07, 6.45) is 0. The van der Waals surface area contributed by atoms with Gasteiger partial charge >= 0.3 is 37.7 Å². The van der Waals surface area contributed by atoms with Crippen LogP contribution >= 0.6 is 0 Å². The third-order valence-electron chi connectivity index (χ3n) is 0.843. The van der Waals surface area contributed by atoms with Gasteiger partial charge in [0.05, 0.1) is 39.6 Å². The molecule has 0 atom stereocenters. The van der Waals surface area contributed by atoms with Gasteiger partial charge in [0.1, 0.15) is 0 Å². The summed E-state index contributed by atoms with van der Waals surface area (Å²) in [6, 6.07) is 0. The van der Waals surface area contributed by atoms with Gasteiger partial charge in [-0.2, -0.15) is 0 Å². The summed E-state index contributed by atoms with van der Waals surface area (Å²) in [5.41, 5.74) is 0. The Hall–Kier alpha value is 1.10. The molecule has 0 bridgehead atoms. The average molecular weight is 192 g/mol. The third-order valence-corrected chi connectivity index (χ3v) is 0.843. The second-order valence-corrected chi connectivity index (χ2v) is 1.67. The zero-order valence-corrected chi connectivity index (χ0v) is 8.87. The molecule has 0 saturated carbocycles. The standard InChI is InChI=1S/C6H14O4.Ca.2H/c7-1-3-9-5-6-10-4-2-8;;;/h7-8H,1-6H2;;;/q;+2;2*-1. The summed E-state index contributed by atoms with van der Waals surface area (Å²) >= 11 is 0. The van der Waals surface area contributed by atoms with Crippen molar-refractivity contribution in [3.05, 3.63) is 0 Å². The van der Waals surface area contributed by atoms with E-state index in [1.807, 2.05) is 0 Å². The van der Waals surface area contributed by atoms with Gasteiger partial charge in [-0.25, -0.2) is 0 Å². The monoisotopic (exact) mass is 192 g/mol. The van der Waals surface area contributed by atoms with Gasteiger partial charge in [-0.1, -0.05) is 0 Å². The van der Waals surface area contributed by atoms with Crippen LogP contribution in [0.25, 0.3) is 0 Å². The number of ether oxygens (including phenoxy) is 2. The molecule has 0 aromatic heterocycles. The van der Waals surface area contributed by atoms with Crippen LogP contribution in [0.1, 0.15) is 2.85 Å². The van der Waals surface area contributed by atoms with Crippen molar-refractivity contribution in [2.45, 2.75) is 0 Å². The Morgan fingerprint density at radius 1 is 0.818 bits per heavy atom. The van der Waals surface area contributed by atoms with Crippen molar-refractivity contribution in [1.29, 1.82) is 0 Å². The van der Waals surface area contributed by atoms with Gasteiger partial charge in [0.2, 0.25) is 0 Å². The Morgan fingerprint density at radius 2 is 1.18 bits per heavy atom. The predicted molar refractivity (Wildman–Crippen MR) is 43.8 cm³/mol. The molecule has 0 radical (unpaired) electrons. The summed E-state index contributed by atoms with van der Waals surface area (Å²) in [5, 5.41) is 16.5. The van der Waals surface area contributed by atoms with Crippen LogP contribution in [0.3, 0.4) is 0 Å². The Balaban J connectivity index is -0.000000135. The van der Waals surface area contributed by atoms with Crippen LogP contribution in [0, 0.1) is 0 Å². The molecule has 66 valence electrons. The van der Waals surface area contributed by atoms with E-state index in [1.54, 1.807) is 0 Å². The number of rotatable bonds is 7. The third kappa shape index (κ3) is 14.0. The molecular formula is C6H16CaO4. The summed E-state index contributed by atoms with van der Waals surface area (Å²) in [5.74, 6) is 0. The largest absolute Gasteiger partial charge is 2.00 e. The Labute approximate surface area is 99.5 Å². The minimum Gasteiger partial charge on any atom is -1.00 e. The van der Waals surface area contributed by atoms with Crippen LogP contribution < -0.4 is 0 Å². The maximum atomic E-state index is 8.26. The molecule has 5 heteroatoms. The molecule has 0 aliphatic carbocycles. The number of aliphatic hydroxyl groups excluding tert-OH is 2. The predicted octanol–water partition coefficient (Wildman–Crippen LogP) is -1.15. The molecule has 11 heavy (non-hydrogen) atoms. The maximum Gasteiger partial charge on any atom is 2.00 e. The first kappa shape index (κ1) is 14.6. The Bertz CT molecular complexity index is 62.6. The van der Waals surface area contributed by atoms with Crippen molar-refractivity contribution >= 4 is 37.7 Å². The summed E-state index contributed by atoms with van der Waals surface area (Å²) in [7, 11) is 0. The fraction of sp³-hybridized carbons (Fsp3) is 1.00. The summed E-state index contributed by atoms with van der Waals surface area (Å²) in [6.45, 7) is 1.73. The molecule has 2 N–H and O–H groups in total. The molecule has 0 rings (SSSR count). The van der Waals surface area contributed by atoms with Gasteiger partial charge in [-0.15, -0.1) is 0 Å². The van der Waals surface area contributed by atoms with E-state index in [0.29, 0.717) is 26.4 Å². The zero-order valence-electron chi connectivity index (χ0n) is 8.66. The first-order chi connectivity index (χ1) is 4.91. The SMILES string of the molecule is OCCOCCOCCO.[Ca+2].[H-].[H-]. The van der Waals surface area contributed by atoms with Gasteiger partial charge in [0.15, 0.2) is 0 Å². The molecular weight excluding hydrogens is 176 g/mol. The summed E-state index contributed by atoms with van der Waals surface area (Å²) < 4.78 is 9.75. The molecule has 0 amide bonds. The maximum absolute atomic E-state index is 8.26. The molecule has 0 aliphatic heterocycles. The average Bonchev–Trinajstić information content (AvgIpc) is 1.97.